The van der Waals surface area contributed by atoms with Crippen LogP contribution in [0.1, 0.15) is 31.9 Å². The fourth-order valence-electron chi connectivity index (χ4n) is 1.69. The van der Waals surface area contributed by atoms with Crippen LogP contribution in [0.25, 0.3) is 0 Å². The number of nitrogens with one attached hydrogen (secondary N) is 1. The number of alkyl halides is 3. The molecule has 21 heavy (non-hydrogen) atoms. The maximum Gasteiger partial charge on any atom is 0.522 e. The van der Waals surface area contributed by atoms with E-state index in [-0.39, 0.29) is 12.6 Å². The molecular weight excluding hydrogens is 307 g/mol. The fraction of sp³-hybridized carbons (Fsp3) is 0.571. The normalized spacial score (nSPS) is 13.2. The van der Waals surface area contributed by atoms with Crippen LogP contribution < -0.4 is 10.1 Å². The molecular formula is C14H19ClF3NO2. The van der Waals surface area contributed by atoms with E-state index in [1.807, 2.05) is 13.0 Å². The zero-order valence-electron chi connectivity index (χ0n) is 12.0. The minimum Gasteiger partial charge on any atom is -0.490 e. The summed E-state index contributed by atoms with van der Waals surface area (Å²) in [6, 6.07) is 5.37. The van der Waals surface area contributed by atoms with Gasteiger partial charge in [0.25, 0.3) is 0 Å². The highest BCUT2D eigenvalue weighted by Gasteiger charge is 2.28. The third-order valence-electron chi connectivity index (χ3n) is 2.76. The summed E-state index contributed by atoms with van der Waals surface area (Å²) in [5.74, 6) is 0.342. The second kappa shape index (κ2) is 8.46. The van der Waals surface area contributed by atoms with Crippen molar-refractivity contribution in [2.45, 2.75) is 32.7 Å². The van der Waals surface area contributed by atoms with Crippen molar-refractivity contribution in [1.82, 2.24) is 5.32 Å². The molecule has 0 aliphatic rings. The van der Waals surface area contributed by atoms with Gasteiger partial charge in [-0.05, 0) is 37.6 Å². The molecule has 1 atom stereocenters. The van der Waals surface area contributed by atoms with Crippen LogP contribution in [0.5, 0.6) is 5.75 Å². The van der Waals surface area contributed by atoms with Crippen molar-refractivity contribution >= 4 is 11.6 Å². The van der Waals surface area contributed by atoms with Gasteiger partial charge in [-0.15, -0.1) is 13.2 Å². The van der Waals surface area contributed by atoms with Crippen LogP contribution in [0, 0.1) is 0 Å². The predicted octanol–water partition coefficient (Wildman–Crippen LogP) is 4.32. The van der Waals surface area contributed by atoms with Gasteiger partial charge in [-0.2, -0.15) is 0 Å². The van der Waals surface area contributed by atoms with Crippen LogP contribution in [-0.4, -0.2) is 26.1 Å². The van der Waals surface area contributed by atoms with E-state index in [1.54, 1.807) is 12.1 Å². The van der Waals surface area contributed by atoms with E-state index in [0.29, 0.717) is 10.8 Å². The molecule has 0 amide bonds. The molecule has 1 unspecified atom stereocenters. The molecule has 120 valence electrons. The van der Waals surface area contributed by atoms with E-state index in [0.717, 1.165) is 18.5 Å². The van der Waals surface area contributed by atoms with Crippen molar-refractivity contribution < 1.29 is 22.6 Å². The second-order valence-corrected chi connectivity index (χ2v) is 4.92. The SMILES string of the molecule is CCCNC(C)c1ccc(OCCOC(F)(F)F)c(Cl)c1. The molecule has 1 rings (SSSR count). The van der Waals surface area contributed by atoms with E-state index in [4.69, 9.17) is 16.3 Å². The Morgan fingerprint density at radius 2 is 2.00 bits per heavy atom. The highest BCUT2D eigenvalue weighted by molar-refractivity contribution is 6.32. The average molecular weight is 326 g/mol. The largest absolute Gasteiger partial charge is 0.522 e. The lowest BCUT2D eigenvalue weighted by molar-refractivity contribution is -0.325. The number of hydrogen-bond donors (Lipinski definition) is 1. The van der Waals surface area contributed by atoms with Gasteiger partial charge in [0.1, 0.15) is 12.4 Å². The van der Waals surface area contributed by atoms with Gasteiger partial charge in [-0.1, -0.05) is 24.6 Å². The van der Waals surface area contributed by atoms with Gasteiger partial charge >= 0.3 is 6.36 Å². The van der Waals surface area contributed by atoms with Crippen LogP contribution in [0.15, 0.2) is 18.2 Å². The predicted molar refractivity (Wildman–Crippen MR) is 75.7 cm³/mol. The van der Waals surface area contributed by atoms with Gasteiger partial charge in [0.05, 0.1) is 11.6 Å². The fourth-order valence-corrected chi connectivity index (χ4v) is 1.93. The summed E-state index contributed by atoms with van der Waals surface area (Å²) in [6.07, 6.45) is -3.62. The van der Waals surface area contributed by atoms with Gasteiger partial charge in [-0.3, -0.25) is 4.74 Å². The first kappa shape index (κ1) is 18.1. The van der Waals surface area contributed by atoms with Crippen LogP contribution >= 0.6 is 11.6 Å². The molecule has 0 aromatic heterocycles. The summed E-state index contributed by atoms with van der Waals surface area (Å²) in [5, 5.41) is 3.69. The Bertz CT molecular complexity index is 441. The molecule has 0 radical (unpaired) electrons. The molecule has 0 saturated heterocycles. The molecule has 0 bridgehead atoms. The molecule has 1 aromatic rings. The minimum absolute atomic E-state index is 0.144. The quantitative estimate of drug-likeness (QED) is 0.722. The van der Waals surface area contributed by atoms with Crippen molar-refractivity contribution in [2.24, 2.45) is 0 Å². The Morgan fingerprint density at radius 3 is 2.57 bits per heavy atom. The molecule has 0 aliphatic carbocycles. The van der Waals surface area contributed by atoms with Crippen molar-refractivity contribution in [3.8, 4) is 5.75 Å². The Balaban J connectivity index is 2.50. The Morgan fingerprint density at radius 1 is 1.29 bits per heavy atom. The average Bonchev–Trinajstić information content (AvgIpc) is 2.41. The summed E-state index contributed by atoms with van der Waals surface area (Å²) >= 11 is 6.06. The Hall–Kier alpha value is -0.980. The van der Waals surface area contributed by atoms with Gasteiger partial charge in [0.15, 0.2) is 0 Å². The van der Waals surface area contributed by atoms with Gasteiger partial charge in [0.2, 0.25) is 0 Å². The summed E-state index contributed by atoms with van der Waals surface area (Å²) in [5.41, 5.74) is 0.993. The number of ether oxygens (including phenoxy) is 2. The summed E-state index contributed by atoms with van der Waals surface area (Å²) in [6.45, 7) is 4.19. The molecule has 1 N–H and O–H groups in total. The zero-order valence-corrected chi connectivity index (χ0v) is 12.7. The number of halogens is 4. The zero-order chi connectivity index (χ0) is 15.9. The summed E-state index contributed by atoms with van der Waals surface area (Å²) < 4.78 is 44.2. The van der Waals surface area contributed by atoms with Crippen molar-refractivity contribution in [1.29, 1.82) is 0 Å². The van der Waals surface area contributed by atoms with Gasteiger partial charge < -0.3 is 10.1 Å². The summed E-state index contributed by atoms with van der Waals surface area (Å²) in [7, 11) is 0. The smallest absolute Gasteiger partial charge is 0.490 e. The second-order valence-electron chi connectivity index (χ2n) is 4.51. The van der Waals surface area contributed by atoms with Crippen molar-refractivity contribution in [2.75, 3.05) is 19.8 Å². The van der Waals surface area contributed by atoms with Crippen molar-refractivity contribution in [3.05, 3.63) is 28.8 Å². The van der Waals surface area contributed by atoms with Gasteiger partial charge in [0, 0.05) is 6.04 Å². The van der Waals surface area contributed by atoms with Crippen LogP contribution in [0.2, 0.25) is 5.02 Å². The third kappa shape index (κ3) is 7.02. The molecule has 0 aliphatic heterocycles. The van der Waals surface area contributed by atoms with E-state index >= 15 is 0 Å². The highest BCUT2D eigenvalue weighted by atomic mass is 35.5. The number of rotatable bonds is 8. The molecule has 7 heteroatoms. The standard InChI is InChI=1S/C14H19ClF3NO2/c1-3-6-19-10(2)11-4-5-13(12(15)9-11)20-7-8-21-14(16,17)18/h4-5,9-10,19H,3,6-8H2,1-2H3. The first-order valence-corrected chi connectivity index (χ1v) is 7.07. The van der Waals surface area contributed by atoms with Crippen LogP contribution in [0.4, 0.5) is 13.2 Å². The lowest BCUT2D eigenvalue weighted by atomic mass is 10.1. The maximum absolute atomic E-state index is 11.8. The molecule has 0 heterocycles. The van der Waals surface area contributed by atoms with Crippen LogP contribution in [0.3, 0.4) is 0 Å². The lowest BCUT2D eigenvalue weighted by Gasteiger charge is -2.15. The topological polar surface area (TPSA) is 30.5 Å². The van der Waals surface area contributed by atoms with E-state index < -0.39 is 13.0 Å². The third-order valence-corrected chi connectivity index (χ3v) is 3.06. The van der Waals surface area contributed by atoms with Crippen LogP contribution in [-0.2, 0) is 4.74 Å². The Labute approximate surface area is 127 Å². The monoisotopic (exact) mass is 325 g/mol. The molecule has 1 aromatic carbocycles. The minimum atomic E-state index is -4.64. The maximum atomic E-state index is 11.8. The van der Waals surface area contributed by atoms with Gasteiger partial charge in [-0.25, -0.2) is 0 Å². The summed E-state index contributed by atoms with van der Waals surface area (Å²) in [4.78, 5) is 0. The molecule has 0 spiro atoms. The van der Waals surface area contributed by atoms with E-state index in [1.165, 1.54) is 0 Å². The first-order chi connectivity index (χ1) is 9.83. The lowest BCUT2D eigenvalue weighted by Crippen LogP contribution is -2.19. The van der Waals surface area contributed by atoms with E-state index in [9.17, 15) is 13.2 Å². The Kier molecular flexibility index (Phi) is 7.28. The number of benzene rings is 1. The number of hydrogen-bond acceptors (Lipinski definition) is 3. The molecule has 0 fully saturated rings. The first-order valence-electron chi connectivity index (χ1n) is 6.69. The van der Waals surface area contributed by atoms with Crippen molar-refractivity contribution in [3.63, 3.8) is 0 Å². The molecule has 0 saturated carbocycles. The molecule has 3 nitrogen and oxygen atoms in total. The highest BCUT2D eigenvalue weighted by Crippen LogP contribution is 2.28. The van der Waals surface area contributed by atoms with E-state index in [2.05, 4.69) is 17.0 Å².